The van der Waals surface area contributed by atoms with Gasteiger partial charge in [-0.2, -0.15) is 5.26 Å². The van der Waals surface area contributed by atoms with Crippen LogP contribution in [-0.2, 0) is 6.54 Å². The maximum absolute atomic E-state index is 8.91. The molecule has 1 aliphatic rings. The van der Waals surface area contributed by atoms with E-state index in [9.17, 15) is 0 Å². The SMILES string of the molecule is N#Cc1ncccc1CNCCC1CCCC1. The normalized spacial score (nSPS) is 15.9. The first-order chi connectivity index (χ1) is 8.40. The van der Waals surface area contributed by atoms with E-state index < -0.39 is 0 Å². The second-order valence-corrected chi connectivity index (χ2v) is 4.74. The van der Waals surface area contributed by atoms with Gasteiger partial charge in [0.05, 0.1) is 0 Å². The quantitative estimate of drug-likeness (QED) is 0.790. The zero-order valence-electron chi connectivity index (χ0n) is 10.2. The lowest BCUT2D eigenvalue weighted by Gasteiger charge is -2.10. The maximum Gasteiger partial charge on any atom is 0.144 e. The number of aromatic nitrogens is 1. The highest BCUT2D eigenvalue weighted by Crippen LogP contribution is 2.26. The lowest BCUT2D eigenvalue weighted by molar-refractivity contribution is 0.477. The topological polar surface area (TPSA) is 48.7 Å². The van der Waals surface area contributed by atoms with E-state index in [2.05, 4.69) is 16.4 Å². The van der Waals surface area contributed by atoms with Crippen LogP contribution in [0.3, 0.4) is 0 Å². The van der Waals surface area contributed by atoms with Crippen LogP contribution < -0.4 is 5.32 Å². The minimum atomic E-state index is 0.542. The summed E-state index contributed by atoms with van der Waals surface area (Å²) in [6, 6.07) is 5.98. The number of hydrogen-bond donors (Lipinski definition) is 1. The van der Waals surface area contributed by atoms with E-state index in [0.717, 1.165) is 24.6 Å². The van der Waals surface area contributed by atoms with Crippen LogP contribution in [0.25, 0.3) is 0 Å². The summed E-state index contributed by atoms with van der Waals surface area (Å²) in [5, 5.41) is 12.3. The van der Waals surface area contributed by atoms with E-state index in [1.807, 2.05) is 12.1 Å². The lowest BCUT2D eigenvalue weighted by atomic mass is 10.0. The summed E-state index contributed by atoms with van der Waals surface area (Å²) >= 11 is 0. The Bertz CT molecular complexity index is 389. The van der Waals surface area contributed by atoms with Crippen LogP contribution in [0, 0.1) is 17.2 Å². The van der Waals surface area contributed by atoms with E-state index in [4.69, 9.17) is 5.26 Å². The summed E-state index contributed by atoms with van der Waals surface area (Å²) in [6.07, 6.45) is 8.55. The van der Waals surface area contributed by atoms with E-state index in [1.54, 1.807) is 6.20 Å². The molecule has 1 aromatic rings. The monoisotopic (exact) mass is 229 g/mol. The molecule has 17 heavy (non-hydrogen) atoms. The summed E-state index contributed by atoms with van der Waals surface area (Å²) < 4.78 is 0. The Morgan fingerprint density at radius 3 is 3.00 bits per heavy atom. The van der Waals surface area contributed by atoms with E-state index in [1.165, 1.54) is 32.1 Å². The van der Waals surface area contributed by atoms with Crippen LogP contribution in [0.1, 0.15) is 43.4 Å². The molecule has 1 N–H and O–H groups in total. The third kappa shape index (κ3) is 3.54. The molecule has 0 unspecified atom stereocenters. The molecule has 1 saturated carbocycles. The molecule has 2 rings (SSSR count). The Hall–Kier alpha value is -1.40. The van der Waals surface area contributed by atoms with Gasteiger partial charge in [0.1, 0.15) is 11.8 Å². The van der Waals surface area contributed by atoms with Crippen molar-refractivity contribution in [2.75, 3.05) is 6.54 Å². The van der Waals surface area contributed by atoms with Crippen molar-refractivity contribution in [3.63, 3.8) is 0 Å². The van der Waals surface area contributed by atoms with Crippen molar-refractivity contribution >= 4 is 0 Å². The molecule has 3 heteroatoms. The molecule has 0 atom stereocenters. The van der Waals surface area contributed by atoms with Crippen LogP contribution in [0.15, 0.2) is 18.3 Å². The van der Waals surface area contributed by atoms with E-state index >= 15 is 0 Å². The first-order valence-corrected chi connectivity index (χ1v) is 6.45. The minimum absolute atomic E-state index is 0.542. The fraction of sp³-hybridized carbons (Fsp3) is 0.571. The first-order valence-electron chi connectivity index (χ1n) is 6.45. The molecule has 0 bridgehead atoms. The number of rotatable bonds is 5. The average Bonchev–Trinajstić information content (AvgIpc) is 2.88. The Morgan fingerprint density at radius 2 is 2.24 bits per heavy atom. The molecule has 0 spiro atoms. The van der Waals surface area contributed by atoms with Gasteiger partial charge in [0, 0.05) is 18.3 Å². The predicted molar refractivity (Wildman–Crippen MR) is 67.2 cm³/mol. The summed E-state index contributed by atoms with van der Waals surface area (Å²) in [7, 11) is 0. The molecule has 90 valence electrons. The fourth-order valence-corrected chi connectivity index (χ4v) is 2.51. The molecular weight excluding hydrogens is 210 g/mol. The van der Waals surface area contributed by atoms with E-state index in [0.29, 0.717) is 5.69 Å². The number of nitriles is 1. The highest BCUT2D eigenvalue weighted by molar-refractivity contribution is 5.30. The van der Waals surface area contributed by atoms with Crippen LogP contribution in [0.4, 0.5) is 0 Å². The summed E-state index contributed by atoms with van der Waals surface area (Å²) in [5.41, 5.74) is 1.54. The van der Waals surface area contributed by atoms with Gasteiger partial charge >= 0.3 is 0 Å². The van der Waals surface area contributed by atoms with Gasteiger partial charge in [-0.25, -0.2) is 4.98 Å². The Kier molecular flexibility index (Phi) is 4.52. The van der Waals surface area contributed by atoms with Gasteiger partial charge in [-0.15, -0.1) is 0 Å². The van der Waals surface area contributed by atoms with Crippen molar-refractivity contribution in [3.8, 4) is 6.07 Å². The largest absolute Gasteiger partial charge is 0.313 e. The predicted octanol–water partition coefficient (Wildman–Crippen LogP) is 2.62. The Morgan fingerprint density at radius 1 is 1.41 bits per heavy atom. The standard InChI is InChI=1S/C14H19N3/c15-10-14-13(6-3-8-17-14)11-16-9-7-12-4-1-2-5-12/h3,6,8,12,16H,1-2,4-5,7,9,11H2. The second-order valence-electron chi connectivity index (χ2n) is 4.74. The van der Waals surface area contributed by atoms with Crippen LogP contribution in [-0.4, -0.2) is 11.5 Å². The molecule has 0 saturated heterocycles. The molecule has 0 radical (unpaired) electrons. The minimum Gasteiger partial charge on any atom is -0.313 e. The van der Waals surface area contributed by atoms with Crippen molar-refractivity contribution in [2.24, 2.45) is 5.92 Å². The molecular formula is C14H19N3. The number of nitrogens with one attached hydrogen (secondary N) is 1. The van der Waals surface area contributed by atoms with Gasteiger partial charge in [-0.1, -0.05) is 31.7 Å². The average molecular weight is 229 g/mol. The number of hydrogen-bond acceptors (Lipinski definition) is 3. The zero-order chi connectivity index (χ0) is 11.9. The molecule has 0 aliphatic heterocycles. The van der Waals surface area contributed by atoms with Gasteiger partial charge in [-0.05, 0) is 24.9 Å². The maximum atomic E-state index is 8.91. The molecule has 1 aromatic heterocycles. The molecule has 1 aliphatic carbocycles. The molecule has 0 aromatic carbocycles. The number of pyridine rings is 1. The molecule has 1 fully saturated rings. The Balaban J connectivity index is 1.72. The van der Waals surface area contributed by atoms with Gasteiger partial charge in [-0.3, -0.25) is 0 Å². The van der Waals surface area contributed by atoms with E-state index in [-0.39, 0.29) is 0 Å². The zero-order valence-corrected chi connectivity index (χ0v) is 10.2. The second kappa shape index (κ2) is 6.36. The summed E-state index contributed by atoms with van der Waals surface area (Å²) in [6.45, 7) is 1.80. The third-order valence-electron chi connectivity index (χ3n) is 3.52. The van der Waals surface area contributed by atoms with Crippen molar-refractivity contribution in [1.29, 1.82) is 5.26 Å². The highest BCUT2D eigenvalue weighted by Gasteiger charge is 2.13. The molecule has 0 amide bonds. The van der Waals surface area contributed by atoms with Gasteiger partial charge in [0.15, 0.2) is 0 Å². The smallest absolute Gasteiger partial charge is 0.144 e. The first kappa shape index (κ1) is 12.1. The van der Waals surface area contributed by atoms with Crippen molar-refractivity contribution < 1.29 is 0 Å². The molecule has 1 heterocycles. The fourth-order valence-electron chi connectivity index (χ4n) is 2.51. The van der Waals surface area contributed by atoms with Crippen molar-refractivity contribution in [2.45, 2.75) is 38.6 Å². The van der Waals surface area contributed by atoms with Crippen molar-refractivity contribution in [3.05, 3.63) is 29.6 Å². The van der Waals surface area contributed by atoms with Crippen LogP contribution >= 0.6 is 0 Å². The van der Waals surface area contributed by atoms with Crippen LogP contribution in [0.5, 0.6) is 0 Å². The number of nitrogens with zero attached hydrogens (tertiary/aromatic N) is 2. The summed E-state index contributed by atoms with van der Waals surface area (Å²) in [5.74, 6) is 0.923. The summed E-state index contributed by atoms with van der Waals surface area (Å²) in [4.78, 5) is 4.05. The van der Waals surface area contributed by atoms with Gasteiger partial charge in [0.2, 0.25) is 0 Å². The van der Waals surface area contributed by atoms with Crippen LogP contribution in [0.2, 0.25) is 0 Å². The highest BCUT2D eigenvalue weighted by atomic mass is 14.9. The molecule has 3 nitrogen and oxygen atoms in total. The third-order valence-corrected chi connectivity index (χ3v) is 3.52. The lowest BCUT2D eigenvalue weighted by Crippen LogP contribution is -2.17. The van der Waals surface area contributed by atoms with Gasteiger partial charge in [0.25, 0.3) is 0 Å². The van der Waals surface area contributed by atoms with Gasteiger partial charge < -0.3 is 5.32 Å². The van der Waals surface area contributed by atoms with Crippen molar-refractivity contribution in [1.82, 2.24) is 10.3 Å². The Labute approximate surface area is 103 Å².